The van der Waals surface area contributed by atoms with E-state index in [1.165, 1.54) is 0 Å². The predicted molar refractivity (Wildman–Crippen MR) is 68.4 cm³/mol. The lowest BCUT2D eigenvalue weighted by Gasteiger charge is -1.99. The lowest BCUT2D eigenvalue weighted by atomic mass is 10.1. The molecule has 0 saturated heterocycles. The molecule has 0 fully saturated rings. The Bertz CT molecular complexity index is 334. The highest BCUT2D eigenvalue weighted by Crippen LogP contribution is 2.13. The Hall–Kier alpha value is -1.32. The summed E-state index contributed by atoms with van der Waals surface area (Å²) in [5.41, 5.74) is 0. The van der Waals surface area contributed by atoms with Crippen molar-refractivity contribution < 1.29 is 9.21 Å². The predicted octanol–water partition coefficient (Wildman–Crippen LogP) is 3.65. The quantitative estimate of drug-likeness (QED) is 0.527. The molecule has 0 unspecified atom stereocenters. The maximum absolute atomic E-state index is 11.7. The van der Waals surface area contributed by atoms with Crippen molar-refractivity contribution in [3.05, 3.63) is 12.1 Å². The highest BCUT2D eigenvalue weighted by molar-refractivity contribution is 5.91. The minimum atomic E-state index is 0.00184. The van der Waals surface area contributed by atoms with Gasteiger partial charge in [-0.2, -0.15) is 0 Å². The van der Waals surface area contributed by atoms with Crippen LogP contribution in [-0.4, -0.2) is 17.3 Å². The zero-order valence-electron chi connectivity index (χ0n) is 10.8. The minimum Gasteiger partial charge on any atom is -0.418 e. The van der Waals surface area contributed by atoms with E-state index >= 15 is 0 Å². The van der Waals surface area contributed by atoms with Crippen LogP contribution in [0.4, 0.5) is 5.88 Å². The number of carbonyl (C=O) groups excluding carboxylic acids is 1. The largest absolute Gasteiger partial charge is 0.418 e. The molecule has 0 aliphatic rings. The van der Waals surface area contributed by atoms with E-state index in [2.05, 4.69) is 24.1 Å². The molecule has 4 nitrogen and oxygen atoms in total. The van der Waals surface area contributed by atoms with Crippen molar-refractivity contribution in [2.75, 3.05) is 11.9 Å². The van der Waals surface area contributed by atoms with E-state index in [9.17, 15) is 4.79 Å². The number of unbranched alkanes of at least 4 members (excludes halogenated alkanes) is 3. The fraction of sp³-hybridized carbons (Fsp3) is 0.692. The maximum atomic E-state index is 11.7. The first-order valence-corrected chi connectivity index (χ1v) is 6.50. The second-order valence-corrected chi connectivity index (χ2v) is 4.19. The summed E-state index contributed by atoms with van der Waals surface area (Å²) >= 11 is 0. The molecule has 1 rings (SSSR count). The van der Waals surface area contributed by atoms with Gasteiger partial charge in [0.2, 0.25) is 11.7 Å². The Kier molecular flexibility index (Phi) is 6.37. The molecule has 0 spiro atoms. The Morgan fingerprint density at radius 1 is 1.29 bits per heavy atom. The van der Waals surface area contributed by atoms with Crippen LogP contribution in [0.3, 0.4) is 0 Å². The lowest BCUT2D eigenvalue weighted by Crippen LogP contribution is -2.00. The van der Waals surface area contributed by atoms with Gasteiger partial charge in [-0.05, 0) is 12.8 Å². The van der Waals surface area contributed by atoms with E-state index in [4.69, 9.17) is 4.42 Å². The molecular weight excluding hydrogens is 216 g/mol. The Morgan fingerprint density at radius 2 is 2.06 bits per heavy atom. The van der Waals surface area contributed by atoms with Crippen molar-refractivity contribution >= 4 is 11.7 Å². The molecule has 96 valence electrons. The van der Waals surface area contributed by atoms with Gasteiger partial charge in [-0.3, -0.25) is 4.79 Å². The molecule has 0 aliphatic heterocycles. The number of rotatable bonds is 9. The Morgan fingerprint density at radius 3 is 2.76 bits per heavy atom. The van der Waals surface area contributed by atoms with Crippen molar-refractivity contribution in [3.8, 4) is 0 Å². The van der Waals surface area contributed by atoms with E-state index in [1.54, 1.807) is 6.20 Å². The first-order chi connectivity index (χ1) is 8.27. The molecule has 17 heavy (non-hydrogen) atoms. The van der Waals surface area contributed by atoms with Gasteiger partial charge in [0.15, 0.2) is 0 Å². The van der Waals surface area contributed by atoms with Crippen molar-refractivity contribution in [2.24, 2.45) is 0 Å². The fourth-order valence-electron chi connectivity index (χ4n) is 1.52. The van der Waals surface area contributed by atoms with E-state index in [0.29, 0.717) is 12.3 Å². The second kappa shape index (κ2) is 7.87. The van der Waals surface area contributed by atoms with Crippen LogP contribution < -0.4 is 5.32 Å². The number of ketones is 1. The van der Waals surface area contributed by atoms with Gasteiger partial charge in [0.25, 0.3) is 5.89 Å². The van der Waals surface area contributed by atoms with E-state index < -0.39 is 0 Å². The van der Waals surface area contributed by atoms with Gasteiger partial charge in [-0.25, -0.2) is 4.98 Å². The van der Waals surface area contributed by atoms with Gasteiger partial charge in [0.05, 0.1) is 6.20 Å². The number of hydrogen-bond donors (Lipinski definition) is 1. The summed E-state index contributed by atoms with van der Waals surface area (Å²) < 4.78 is 5.35. The second-order valence-electron chi connectivity index (χ2n) is 4.19. The van der Waals surface area contributed by atoms with Crippen molar-refractivity contribution in [3.63, 3.8) is 0 Å². The number of carbonyl (C=O) groups is 1. The third kappa shape index (κ3) is 5.02. The normalized spacial score (nSPS) is 10.5. The van der Waals surface area contributed by atoms with Crippen LogP contribution in [0.15, 0.2) is 10.6 Å². The summed E-state index contributed by atoms with van der Waals surface area (Å²) in [6.07, 6.45) is 7.43. The maximum Gasteiger partial charge on any atom is 0.264 e. The van der Waals surface area contributed by atoms with Gasteiger partial charge >= 0.3 is 0 Å². The molecule has 0 radical (unpaired) electrons. The van der Waals surface area contributed by atoms with Crippen molar-refractivity contribution in [1.29, 1.82) is 0 Å². The molecule has 0 aliphatic carbocycles. The Labute approximate surface area is 103 Å². The zero-order valence-corrected chi connectivity index (χ0v) is 10.8. The van der Waals surface area contributed by atoms with Gasteiger partial charge in [0, 0.05) is 13.0 Å². The number of oxazole rings is 1. The van der Waals surface area contributed by atoms with Gasteiger partial charge < -0.3 is 9.73 Å². The molecule has 0 bridgehead atoms. The fourth-order valence-corrected chi connectivity index (χ4v) is 1.52. The van der Waals surface area contributed by atoms with Gasteiger partial charge in [-0.1, -0.05) is 33.1 Å². The van der Waals surface area contributed by atoms with E-state index in [1.807, 2.05) is 0 Å². The summed E-state index contributed by atoms with van der Waals surface area (Å²) in [5, 5.41) is 3.11. The average molecular weight is 238 g/mol. The van der Waals surface area contributed by atoms with Crippen LogP contribution in [0.5, 0.6) is 0 Å². The number of Topliss-reactive ketones (excluding diaryl/α,β-unsaturated/α-hetero) is 1. The number of anilines is 1. The van der Waals surface area contributed by atoms with Crippen LogP contribution in [0.25, 0.3) is 0 Å². The van der Waals surface area contributed by atoms with Crippen molar-refractivity contribution in [1.82, 2.24) is 4.98 Å². The third-order valence-corrected chi connectivity index (χ3v) is 2.58. The van der Waals surface area contributed by atoms with E-state index in [0.717, 1.165) is 38.6 Å². The molecule has 1 N–H and O–H groups in total. The number of nitrogens with one attached hydrogen (secondary N) is 1. The number of hydrogen-bond acceptors (Lipinski definition) is 4. The van der Waals surface area contributed by atoms with Crippen LogP contribution in [0.2, 0.25) is 0 Å². The molecule has 1 heterocycles. The molecule has 0 saturated carbocycles. The summed E-state index contributed by atoms with van der Waals surface area (Å²) in [7, 11) is 0. The first kappa shape index (κ1) is 13.7. The standard InChI is InChI=1S/C13H22N2O2/c1-3-5-7-8-11(16)13-15-10-12(17-13)14-9-6-4-2/h10,14H,3-9H2,1-2H3. The summed E-state index contributed by atoms with van der Waals surface area (Å²) in [5.74, 6) is 0.833. The smallest absolute Gasteiger partial charge is 0.264 e. The summed E-state index contributed by atoms with van der Waals surface area (Å²) in [6.45, 7) is 5.10. The highest BCUT2D eigenvalue weighted by Gasteiger charge is 2.12. The molecule has 0 amide bonds. The van der Waals surface area contributed by atoms with Crippen molar-refractivity contribution in [2.45, 2.75) is 52.4 Å². The lowest BCUT2D eigenvalue weighted by molar-refractivity contribution is 0.0946. The molecule has 1 aromatic rings. The average Bonchev–Trinajstić information content (AvgIpc) is 2.78. The Balaban J connectivity index is 2.35. The van der Waals surface area contributed by atoms with Crippen LogP contribution in [0.1, 0.15) is 63.1 Å². The van der Waals surface area contributed by atoms with Gasteiger partial charge in [-0.15, -0.1) is 0 Å². The number of aromatic nitrogens is 1. The van der Waals surface area contributed by atoms with Crippen LogP contribution >= 0.6 is 0 Å². The van der Waals surface area contributed by atoms with Crippen LogP contribution in [0, 0.1) is 0 Å². The highest BCUT2D eigenvalue weighted by atomic mass is 16.4. The summed E-state index contributed by atoms with van der Waals surface area (Å²) in [4.78, 5) is 15.7. The molecule has 0 aromatic carbocycles. The summed E-state index contributed by atoms with van der Waals surface area (Å²) in [6, 6.07) is 0. The monoisotopic (exact) mass is 238 g/mol. The van der Waals surface area contributed by atoms with E-state index in [-0.39, 0.29) is 11.7 Å². The molecular formula is C13H22N2O2. The minimum absolute atomic E-state index is 0.00184. The molecule has 0 atom stereocenters. The number of nitrogens with zero attached hydrogens (tertiary/aromatic N) is 1. The molecule has 4 heteroatoms. The molecule has 1 aromatic heterocycles. The topological polar surface area (TPSA) is 55.1 Å². The zero-order chi connectivity index (χ0) is 12.5. The first-order valence-electron chi connectivity index (χ1n) is 6.50. The van der Waals surface area contributed by atoms with Crippen LogP contribution in [-0.2, 0) is 0 Å². The SMILES string of the molecule is CCCCCC(=O)c1ncc(NCCCC)o1. The van der Waals surface area contributed by atoms with Gasteiger partial charge in [0.1, 0.15) is 0 Å². The third-order valence-electron chi connectivity index (χ3n) is 2.58.